The van der Waals surface area contributed by atoms with Crippen LogP contribution in [-0.2, 0) is 4.74 Å². The molecular weight excluding hydrogens is 578 g/mol. The number of carbonyl (C=O) groups is 1. The number of aromatic amines is 1. The molecule has 44 heavy (non-hydrogen) atoms. The summed E-state index contributed by atoms with van der Waals surface area (Å²) in [6.07, 6.45) is 1.48. The van der Waals surface area contributed by atoms with Crippen molar-refractivity contribution >= 4 is 28.4 Å². The third-order valence-corrected chi connectivity index (χ3v) is 6.42. The van der Waals surface area contributed by atoms with Gasteiger partial charge in [0, 0.05) is 37.2 Å². The zero-order valence-corrected chi connectivity index (χ0v) is 24.1. The highest BCUT2D eigenvalue weighted by Crippen LogP contribution is 2.34. The van der Waals surface area contributed by atoms with Crippen molar-refractivity contribution in [2.45, 2.75) is 32.9 Å². The fraction of sp³-hybridized carbons (Fsp3) is 0.241. The summed E-state index contributed by atoms with van der Waals surface area (Å²) in [5.74, 6) is -1.81. The Morgan fingerprint density at radius 2 is 1.80 bits per heavy atom. The Morgan fingerprint density at radius 3 is 2.48 bits per heavy atom. The number of nitrogens with one attached hydrogen (secondary N) is 3. The molecule has 1 amide bonds. The van der Waals surface area contributed by atoms with Gasteiger partial charge in [0.25, 0.3) is 11.5 Å². The van der Waals surface area contributed by atoms with Gasteiger partial charge >= 0.3 is 5.69 Å². The Kier molecular flexibility index (Phi) is 8.48. The van der Waals surface area contributed by atoms with E-state index in [1.807, 2.05) is 6.92 Å². The van der Waals surface area contributed by atoms with Crippen LogP contribution in [0.3, 0.4) is 0 Å². The van der Waals surface area contributed by atoms with Crippen molar-refractivity contribution in [3.05, 3.63) is 92.9 Å². The zero-order valence-electron chi connectivity index (χ0n) is 24.1. The SMILES string of the molecule is COC[C@H](C)Nc1n[nH]c2nccc(Oc3ccc(NC(=O)c4nn(C(C)C)c(=O)n(-c5ccc(F)cc5)c4=O)cc3F)c12. The van der Waals surface area contributed by atoms with E-state index in [-0.39, 0.29) is 28.9 Å². The monoisotopic (exact) mass is 606 g/mol. The molecule has 0 aliphatic heterocycles. The maximum atomic E-state index is 15.2. The molecule has 5 rings (SSSR count). The molecule has 0 fully saturated rings. The standard InChI is InChI=1S/C29H28F2N8O5/c1-15(2)39-29(42)38(19-8-5-17(30)6-9-19)28(41)24(37-39)27(40)34-18-7-10-21(20(31)13-18)44-22-11-12-32-25-23(22)26(36-35-25)33-16(3)14-43-4/h5-13,15-16H,14H2,1-4H3,(H,34,40)(H2,32,33,35,36)/t16-/m0/s1. The molecule has 0 bridgehead atoms. The molecular formula is C29H28F2N8O5. The number of nitrogens with zero attached hydrogens (tertiary/aromatic N) is 5. The maximum absolute atomic E-state index is 15.2. The highest BCUT2D eigenvalue weighted by Gasteiger charge is 2.23. The average Bonchev–Trinajstić information content (AvgIpc) is 3.38. The van der Waals surface area contributed by atoms with Crippen LogP contribution >= 0.6 is 0 Å². The predicted octanol–water partition coefficient (Wildman–Crippen LogP) is 4.02. The molecule has 3 heterocycles. The number of H-pyrrole nitrogens is 1. The summed E-state index contributed by atoms with van der Waals surface area (Å²) in [5.41, 5.74) is -1.99. The van der Waals surface area contributed by atoms with Crippen LogP contribution in [0.4, 0.5) is 20.3 Å². The maximum Gasteiger partial charge on any atom is 0.352 e. The molecule has 15 heteroatoms. The zero-order chi connectivity index (χ0) is 31.5. The van der Waals surface area contributed by atoms with Crippen LogP contribution < -0.4 is 26.6 Å². The third-order valence-electron chi connectivity index (χ3n) is 6.42. The summed E-state index contributed by atoms with van der Waals surface area (Å²) in [6, 6.07) is 9.26. The first-order valence-electron chi connectivity index (χ1n) is 13.5. The highest BCUT2D eigenvalue weighted by molar-refractivity contribution is 6.02. The number of pyridine rings is 1. The largest absolute Gasteiger partial charge is 0.453 e. The van der Waals surface area contributed by atoms with Crippen LogP contribution in [0.25, 0.3) is 16.7 Å². The van der Waals surface area contributed by atoms with E-state index in [2.05, 4.69) is 30.9 Å². The van der Waals surface area contributed by atoms with Gasteiger partial charge < -0.3 is 20.1 Å². The van der Waals surface area contributed by atoms with Crippen LogP contribution in [-0.4, -0.2) is 55.2 Å². The van der Waals surface area contributed by atoms with Crippen molar-refractivity contribution < 1.29 is 23.0 Å². The number of benzene rings is 2. The molecule has 1 atom stereocenters. The smallest absolute Gasteiger partial charge is 0.352 e. The normalized spacial score (nSPS) is 12.0. The number of halogens is 2. The Hall–Kier alpha value is -5.44. The number of fused-ring (bicyclic) bond motifs is 1. The van der Waals surface area contributed by atoms with Crippen LogP contribution in [0.5, 0.6) is 11.5 Å². The van der Waals surface area contributed by atoms with E-state index in [9.17, 15) is 18.8 Å². The minimum absolute atomic E-state index is 0.00406. The van der Waals surface area contributed by atoms with E-state index >= 15 is 4.39 Å². The van der Waals surface area contributed by atoms with Crippen LogP contribution in [0.15, 0.2) is 64.3 Å². The molecule has 0 saturated carbocycles. The number of rotatable bonds is 10. The molecule has 0 radical (unpaired) electrons. The van der Waals surface area contributed by atoms with Crippen molar-refractivity contribution in [3.8, 4) is 17.2 Å². The van der Waals surface area contributed by atoms with Crippen LogP contribution in [0.2, 0.25) is 0 Å². The minimum Gasteiger partial charge on any atom is -0.453 e. The number of carbonyl (C=O) groups excluding carboxylic acids is 1. The summed E-state index contributed by atoms with van der Waals surface area (Å²) >= 11 is 0. The highest BCUT2D eigenvalue weighted by atomic mass is 19.1. The molecule has 228 valence electrons. The lowest BCUT2D eigenvalue weighted by Crippen LogP contribution is -2.45. The van der Waals surface area contributed by atoms with Crippen molar-refractivity contribution in [1.29, 1.82) is 0 Å². The quantitative estimate of drug-likeness (QED) is 0.214. The first kappa shape index (κ1) is 30.0. The topological polar surface area (TPSA) is 158 Å². The molecule has 2 aromatic carbocycles. The van der Waals surface area contributed by atoms with Gasteiger partial charge in [0.05, 0.1) is 18.3 Å². The van der Waals surface area contributed by atoms with E-state index in [4.69, 9.17) is 9.47 Å². The van der Waals surface area contributed by atoms with Gasteiger partial charge in [0.2, 0.25) is 5.69 Å². The van der Waals surface area contributed by atoms with E-state index in [1.54, 1.807) is 27.0 Å². The van der Waals surface area contributed by atoms with Crippen LogP contribution in [0, 0.1) is 11.6 Å². The molecule has 5 aromatic rings. The molecule has 0 aliphatic carbocycles. The van der Waals surface area contributed by atoms with Gasteiger partial charge in [-0.2, -0.15) is 10.2 Å². The lowest BCUT2D eigenvalue weighted by Gasteiger charge is -2.15. The number of hydrogen-bond donors (Lipinski definition) is 3. The minimum atomic E-state index is -1.03. The Balaban J connectivity index is 1.42. The van der Waals surface area contributed by atoms with Gasteiger partial charge in [-0.1, -0.05) is 0 Å². The van der Waals surface area contributed by atoms with Gasteiger partial charge in [-0.05, 0) is 57.2 Å². The third kappa shape index (κ3) is 6.03. The molecule has 13 nitrogen and oxygen atoms in total. The van der Waals surface area contributed by atoms with Crippen molar-refractivity contribution in [3.63, 3.8) is 0 Å². The van der Waals surface area contributed by atoms with Gasteiger partial charge in [-0.15, -0.1) is 0 Å². The molecule has 3 aromatic heterocycles. The predicted molar refractivity (Wildman–Crippen MR) is 158 cm³/mol. The Morgan fingerprint density at radius 1 is 1.05 bits per heavy atom. The molecule has 0 spiro atoms. The lowest BCUT2D eigenvalue weighted by atomic mass is 10.2. The molecule has 0 unspecified atom stereocenters. The van der Waals surface area contributed by atoms with Crippen molar-refractivity contribution in [2.24, 2.45) is 0 Å². The van der Waals surface area contributed by atoms with E-state index in [0.29, 0.717) is 23.5 Å². The summed E-state index contributed by atoms with van der Waals surface area (Å²) in [7, 11) is 1.58. The van der Waals surface area contributed by atoms with Gasteiger partial charge in [0.15, 0.2) is 23.0 Å². The number of hydrogen-bond acceptors (Lipinski definition) is 9. The Labute approximate surface area is 248 Å². The summed E-state index contributed by atoms with van der Waals surface area (Å²) in [5, 5.41) is 17.1. The van der Waals surface area contributed by atoms with Crippen molar-refractivity contribution in [1.82, 2.24) is 29.5 Å². The van der Waals surface area contributed by atoms with Crippen LogP contribution in [0.1, 0.15) is 37.3 Å². The first-order chi connectivity index (χ1) is 21.1. The summed E-state index contributed by atoms with van der Waals surface area (Å²) < 4.78 is 41.4. The van der Waals surface area contributed by atoms with Gasteiger partial charge in [0.1, 0.15) is 17.0 Å². The number of methoxy groups -OCH3 is 1. The second-order valence-electron chi connectivity index (χ2n) is 10.1. The number of ether oxygens (including phenoxy) is 2. The summed E-state index contributed by atoms with van der Waals surface area (Å²) in [6.45, 7) is 5.60. The average molecular weight is 607 g/mol. The van der Waals surface area contributed by atoms with Gasteiger partial charge in [-0.25, -0.2) is 27.8 Å². The Bertz CT molecular complexity index is 1950. The molecule has 3 N–H and O–H groups in total. The molecule has 0 aliphatic rings. The fourth-order valence-corrected chi connectivity index (χ4v) is 4.39. The van der Waals surface area contributed by atoms with E-state index in [0.717, 1.165) is 27.4 Å². The lowest BCUT2D eigenvalue weighted by molar-refractivity contribution is 0.101. The van der Waals surface area contributed by atoms with Crippen molar-refractivity contribution in [2.75, 3.05) is 24.4 Å². The second kappa shape index (κ2) is 12.4. The van der Waals surface area contributed by atoms with E-state index in [1.165, 1.54) is 30.5 Å². The number of amides is 1. The first-order valence-corrected chi connectivity index (χ1v) is 13.5. The fourth-order valence-electron chi connectivity index (χ4n) is 4.39. The number of anilines is 2. The number of aromatic nitrogens is 6. The molecule has 0 saturated heterocycles. The van der Waals surface area contributed by atoms with E-state index < -0.39 is 40.5 Å². The van der Waals surface area contributed by atoms with Gasteiger partial charge in [-0.3, -0.25) is 14.7 Å². The second-order valence-corrected chi connectivity index (χ2v) is 10.1. The summed E-state index contributed by atoms with van der Waals surface area (Å²) in [4.78, 5) is 43.7.